The van der Waals surface area contributed by atoms with Crippen molar-refractivity contribution >= 4 is 5.97 Å². The third-order valence-corrected chi connectivity index (χ3v) is 3.92. The molecule has 0 aromatic heterocycles. The maximum atomic E-state index is 12.2. The van der Waals surface area contributed by atoms with Gasteiger partial charge in [0.05, 0.1) is 5.56 Å². The SMILES string of the molecule is CCC(CC(C)(C)C)c1ccc(C(=O)Oc2ccccc2)cc1. The molecule has 0 aliphatic carbocycles. The minimum Gasteiger partial charge on any atom is -0.423 e. The van der Waals surface area contributed by atoms with Crippen molar-refractivity contribution in [3.63, 3.8) is 0 Å². The van der Waals surface area contributed by atoms with Crippen LogP contribution in [-0.2, 0) is 0 Å². The van der Waals surface area contributed by atoms with Gasteiger partial charge in [-0.15, -0.1) is 0 Å². The molecule has 23 heavy (non-hydrogen) atoms. The normalized spacial score (nSPS) is 12.7. The van der Waals surface area contributed by atoms with E-state index >= 15 is 0 Å². The third kappa shape index (κ3) is 5.24. The molecule has 0 amide bonds. The van der Waals surface area contributed by atoms with E-state index in [1.807, 2.05) is 30.3 Å². The number of carbonyl (C=O) groups excluding carboxylic acids is 1. The monoisotopic (exact) mass is 310 g/mol. The Morgan fingerprint density at radius 1 is 1.00 bits per heavy atom. The Balaban J connectivity index is 2.07. The highest BCUT2D eigenvalue weighted by Gasteiger charge is 2.19. The van der Waals surface area contributed by atoms with E-state index < -0.39 is 0 Å². The summed E-state index contributed by atoms with van der Waals surface area (Å²) in [6.45, 7) is 9.01. The van der Waals surface area contributed by atoms with Gasteiger partial charge in [0.25, 0.3) is 0 Å². The second-order valence-corrected chi connectivity index (χ2v) is 7.19. The maximum absolute atomic E-state index is 12.2. The molecule has 122 valence electrons. The van der Waals surface area contributed by atoms with E-state index in [1.54, 1.807) is 12.1 Å². The van der Waals surface area contributed by atoms with Crippen LogP contribution in [0.5, 0.6) is 5.75 Å². The van der Waals surface area contributed by atoms with Gasteiger partial charge >= 0.3 is 5.97 Å². The molecular weight excluding hydrogens is 284 g/mol. The molecule has 0 N–H and O–H groups in total. The van der Waals surface area contributed by atoms with Crippen LogP contribution in [0.1, 0.15) is 62.4 Å². The van der Waals surface area contributed by atoms with Crippen LogP contribution in [0, 0.1) is 5.41 Å². The number of ether oxygens (including phenoxy) is 1. The first-order valence-corrected chi connectivity index (χ1v) is 8.26. The van der Waals surface area contributed by atoms with E-state index in [9.17, 15) is 4.79 Å². The molecule has 0 saturated carbocycles. The van der Waals surface area contributed by atoms with Crippen LogP contribution in [-0.4, -0.2) is 5.97 Å². The average molecular weight is 310 g/mol. The van der Waals surface area contributed by atoms with Crippen LogP contribution in [0.2, 0.25) is 0 Å². The van der Waals surface area contributed by atoms with Gasteiger partial charge in [-0.1, -0.05) is 58.0 Å². The van der Waals surface area contributed by atoms with Crippen molar-refractivity contribution in [3.05, 3.63) is 65.7 Å². The molecule has 0 radical (unpaired) electrons. The molecule has 0 spiro atoms. The van der Waals surface area contributed by atoms with Crippen molar-refractivity contribution in [1.82, 2.24) is 0 Å². The summed E-state index contributed by atoms with van der Waals surface area (Å²) in [5.74, 6) is 0.779. The molecule has 2 nitrogen and oxygen atoms in total. The van der Waals surface area contributed by atoms with Gasteiger partial charge in [-0.2, -0.15) is 0 Å². The van der Waals surface area contributed by atoms with Crippen molar-refractivity contribution in [3.8, 4) is 5.75 Å². The van der Waals surface area contributed by atoms with E-state index in [0.29, 0.717) is 22.6 Å². The summed E-state index contributed by atoms with van der Waals surface area (Å²) in [6, 6.07) is 17.0. The Kier molecular flexibility index (Phi) is 5.59. The van der Waals surface area contributed by atoms with Crippen LogP contribution in [0.15, 0.2) is 54.6 Å². The Bertz CT molecular complexity index is 621. The number of rotatable bonds is 5. The number of benzene rings is 2. The summed E-state index contributed by atoms with van der Waals surface area (Å²) in [5, 5.41) is 0. The van der Waals surface area contributed by atoms with Crippen LogP contribution in [0.3, 0.4) is 0 Å². The average Bonchev–Trinajstić information content (AvgIpc) is 2.53. The highest BCUT2D eigenvalue weighted by molar-refractivity contribution is 5.91. The highest BCUT2D eigenvalue weighted by atomic mass is 16.5. The van der Waals surface area contributed by atoms with Gasteiger partial charge in [0, 0.05) is 0 Å². The van der Waals surface area contributed by atoms with E-state index in [-0.39, 0.29) is 5.97 Å². The van der Waals surface area contributed by atoms with Gasteiger partial charge < -0.3 is 4.74 Å². The summed E-state index contributed by atoms with van der Waals surface area (Å²) in [6.07, 6.45) is 2.24. The van der Waals surface area contributed by atoms with Crippen molar-refractivity contribution in [2.24, 2.45) is 5.41 Å². The fraction of sp³-hybridized carbons (Fsp3) is 0.381. The molecular formula is C21H26O2. The fourth-order valence-electron chi connectivity index (χ4n) is 2.78. The van der Waals surface area contributed by atoms with Crippen LogP contribution >= 0.6 is 0 Å². The largest absolute Gasteiger partial charge is 0.423 e. The first kappa shape index (κ1) is 17.3. The van der Waals surface area contributed by atoms with E-state index in [1.165, 1.54) is 5.56 Å². The Hall–Kier alpha value is -2.09. The molecule has 0 aliphatic rings. The standard InChI is InChI=1S/C21H26O2/c1-5-16(15-21(2,3)4)17-11-13-18(14-12-17)20(22)23-19-9-7-6-8-10-19/h6-14,16H,5,15H2,1-4H3. The summed E-state index contributed by atoms with van der Waals surface area (Å²) in [4.78, 5) is 12.2. The predicted octanol–water partition coefficient (Wildman–Crippen LogP) is 5.84. The lowest BCUT2D eigenvalue weighted by Gasteiger charge is -2.25. The second kappa shape index (κ2) is 7.45. The molecule has 0 aliphatic heterocycles. The summed E-state index contributed by atoms with van der Waals surface area (Å²) in [7, 11) is 0. The van der Waals surface area contributed by atoms with Crippen molar-refractivity contribution in [1.29, 1.82) is 0 Å². The van der Waals surface area contributed by atoms with Gasteiger partial charge in [0.15, 0.2) is 0 Å². The van der Waals surface area contributed by atoms with Crippen LogP contribution in [0.4, 0.5) is 0 Å². The molecule has 2 aromatic carbocycles. The smallest absolute Gasteiger partial charge is 0.343 e. The summed E-state index contributed by atoms with van der Waals surface area (Å²) < 4.78 is 5.37. The van der Waals surface area contributed by atoms with Crippen LogP contribution < -0.4 is 4.74 Å². The number of carbonyl (C=O) groups is 1. The Morgan fingerprint density at radius 2 is 1.61 bits per heavy atom. The van der Waals surface area contributed by atoms with Crippen LogP contribution in [0.25, 0.3) is 0 Å². The quantitative estimate of drug-likeness (QED) is 0.512. The predicted molar refractivity (Wildman–Crippen MR) is 94.9 cm³/mol. The first-order valence-electron chi connectivity index (χ1n) is 8.26. The van der Waals surface area contributed by atoms with Crippen molar-refractivity contribution in [2.45, 2.75) is 46.5 Å². The van der Waals surface area contributed by atoms with E-state index in [0.717, 1.165) is 12.8 Å². The molecule has 2 aromatic rings. The van der Waals surface area contributed by atoms with Crippen molar-refractivity contribution < 1.29 is 9.53 Å². The van der Waals surface area contributed by atoms with E-state index in [4.69, 9.17) is 4.74 Å². The maximum Gasteiger partial charge on any atom is 0.343 e. The highest BCUT2D eigenvalue weighted by Crippen LogP contribution is 2.33. The zero-order chi connectivity index (χ0) is 16.9. The van der Waals surface area contributed by atoms with Crippen molar-refractivity contribution in [2.75, 3.05) is 0 Å². The number of para-hydroxylation sites is 1. The fourth-order valence-corrected chi connectivity index (χ4v) is 2.78. The molecule has 1 atom stereocenters. The van der Waals surface area contributed by atoms with Gasteiger partial charge in [0.1, 0.15) is 5.75 Å². The van der Waals surface area contributed by atoms with Gasteiger partial charge in [0.2, 0.25) is 0 Å². The van der Waals surface area contributed by atoms with Gasteiger partial charge in [-0.3, -0.25) is 0 Å². The number of hydrogen-bond donors (Lipinski definition) is 0. The minimum atomic E-state index is -0.313. The van der Waals surface area contributed by atoms with E-state index in [2.05, 4.69) is 39.8 Å². The zero-order valence-electron chi connectivity index (χ0n) is 14.5. The lowest BCUT2D eigenvalue weighted by molar-refractivity contribution is 0.0734. The summed E-state index contributed by atoms with van der Waals surface area (Å²) in [5.41, 5.74) is 2.17. The Labute approximate surface area is 139 Å². The molecule has 0 heterocycles. The molecule has 2 heteroatoms. The molecule has 2 rings (SSSR count). The lowest BCUT2D eigenvalue weighted by atomic mass is 9.80. The van der Waals surface area contributed by atoms with Gasteiger partial charge in [-0.25, -0.2) is 4.79 Å². The van der Waals surface area contributed by atoms with Gasteiger partial charge in [-0.05, 0) is 54.0 Å². The molecule has 0 bridgehead atoms. The number of esters is 1. The zero-order valence-corrected chi connectivity index (χ0v) is 14.5. The molecule has 1 unspecified atom stereocenters. The number of hydrogen-bond acceptors (Lipinski definition) is 2. The third-order valence-electron chi connectivity index (χ3n) is 3.92. The summed E-state index contributed by atoms with van der Waals surface area (Å²) >= 11 is 0. The minimum absolute atomic E-state index is 0.297. The lowest BCUT2D eigenvalue weighted by Crippen LogP contribution is -2.12. The molecule has 0 saturated heterocycles. The Morgan fingerprint density at radius 3 is 2.13 bits per heavy atom. The topological polar surface area (TPSA) is 26.3 Å². The molecule has 0 fully saturated rings. The second-order valence-electron chi connectivity index (χ2n) is 7.19. The first-order chi connectivity index (χ1) is 10.9.